The fraction of sp³-hybridized carbons (Fsp3) is 0.923. The highest BCUT2D eigenvalue weighted by atomic mass is 32.4. The summed E-state index contributed by atoms with van der Waals surface area (Å²) in [6.07, 6.45) is 7.18. The molecule has 128 valence electrons. The molecule has 0 bridgehead atoms. The lowest BCUT2D eigenvalue weighted by atomic mass is 10.2. The van der Waals surface area contributed by atoms with Gasteiger partial charge in [-0.05, 0) is 33.0 Å². The van der Waals surface area contributed by atoms with Crippen molar-refractivity contribution in [3.8, 4) is 0 Å². The summed E-state index contributed by atoms with van der Waals surface area (Å²) in [7, 11) is -0.469. The van der Waals surface area contributed by atoms with Gasteiger partial charge in [0.15, 0.2) is 5.53 Å². The molecule has 0 amide bonds. The van der Waals surface area contributed by atoms with Crippen molar-refractivity contribution in [3.63, 3.8) is 0 Å². The van der Waals surface area contributed by atoms with Gasteiger partial charge in [0.25, 0.3) is 0 Å². The SMILES string of the molecule is O=C(O)CNC(NN1CCCCC1)(NN1CCCCC1)[PH2]=S. The van der Waals surface area contributed by atoms with Crippen LogP contribution in [0.25, 0.3) is 0 Å². The summed E-state index contributed by atoms with van der Waals surface area (Å²) in [5.41, 5.74) is 6.23. The van der Waals surface area contributed by atoms with Gasteiger partial charge < -0.3 is 5.11 Å². The molecule has 9 heteroatoms. The zero-order valence-corrected chi connectivity index (χ0v) is 15.0. The van der Waals surface area contributed by atoms with E-state index in [1.54, 1.807) is 0 Å². The Bertz CT molecular complexity index is 355. The number of aliphatic carboxylic acids is 1. The first kappa shape index (κ1) is 18.3. The molecule has 0 radical (unpaired) electrons. The fourth-order valence-corrected chi connectivity index (χ4v) is 4.15. The van der Waals surface area contributed by atoms with Gasteiger partial charge in [0, 0.05) is 26.2 Å². The molecule has 2 rings (SSSR count). The Morgan fingerprint density at radius 1 is 1.00 bits per heavy atom. The summed E-state index contributed by atoms with van der Waals surface area (Å²) in [5, 5.41) is 16.5. The zero-order chi connectivity index (χ0) is 15.8. The molecule has 7 nitrogen and oxygen atoms in total. The maximum Gasteiger partial charge on any atom is 0.317 e. The molecule has 4 N–H and O–H groups in total. The van der Waals surface area contributed by atoms with Crippen LogP contribution in [0.1, 0.15) is 38.5 Å². The molecule has 2 saturated heterocycles. The van der Waals surface area contributed by atoms with Crippen molar-refractivity contribution in [2.45, 2.75) is 44.1 Å². The average molecular weight is 349 g/mol. The van der Waals surface area contributed by atoms with E-state index in [4.69, 9.17) is 16.9 Å². The quantitative estimate of drug-likeness (QED) is 0.364. The normalized spacial score (nSPS) is 22.4. The van der Waals surface area contributed by atoms with Crippen LogP contribution in [0, 0.1) is 0 Å². The molecule has 0 aromatic rings. The second-order valence-electron chi connectivity index (χ2n) is 5.99. The number of piperidine rings is 2. The van der Waals surface area contributed by atoms with Crippen molar-refractivity contribution >= 4 is 25.1 Å². The second-order valence-corrected chi connectivity index (χ2v) is 7.80. The summed E-state index contributed by atoms with van der Waals surface area (Å²) in [6.45, 7) is 3.81. The maximum absolute atomic E-state index is 11.0. The van der Waals surface area contributed by atoms with E-state index in [-0.39, 0.29) is 6.54 Å². The molecule has 0 spiro atoms. The number of nitrogens with zero attached hydrogens (tertiary/aromatic N) is 2. The third-order valence-electron chi connectivity index (χ3n) is 4.08. The highest BCUT2D eigenvalue weighted by Gasteiger charge is 2.32. The number of hydrogen-bond acceptors (Lipinski definition) is 7. The van der Waals surface area contributed by atoms with Crippen LogP contribution in [0.3, 0.4) is 0 Å². The Morgan fingerprint density at radius 3 is 1.82 bits per heavy atom. The van der Waals surface area contributed by atoms with Gasteiger partial charge in [-0.25, -0.2) is 20.9 Å². The van der Waals surface area contributed by atoms with Crippen molar-refractivity contribution in [2.75, 3.05) is 32.7 Å². The first-order valence-corrected chi connectivity index (χ1v) is 10.6. The van der Waals surface area contributed by atoms with Crippen molar-refractivity contribution in [1.82, 2.24) is 26.2 Å². The minimum atomic E-state index is -0.867. The van der Waals surface area contributed by atoms with Crippen LogP contribution in [0.4, 0.5) is 0 Å². The van der Waals surface area contributed by atoms with Crippen molar-refractivity contribution in [3.05, 3.63) is 0 Å². The summed E-state index contributed by atoms with van der Waals surface area (Å²) in [6, 6.07) is 0. The standard InChI is InChI=1S/C13H28N5O2PS/c19-12(20)11-14-13(21-22,15-17-7-3-1-4-8-17)16-18-9-5-2-6-10-18/h14-16H,1-11,21H2,(H,19,20). The van der Waals surface area contributed by atoms with Gasteiger partial charge in [0.1, 0.15) is 0 Å². The van der Waals surface area contributed by atoms with Crippen LogP contribution in [-0.2, 0) is 16.6 Å². The molecule has 22 heavy (non-hydrogen) atoms. The van der Waals surface area contributed by atoms with Crippen molar-refractivity contribution < 1.29 is 9.90 Å². The minimum absolute atomic E-state index is 0.106. The number of carboxylic acid groups (broad SMARTS) is 1. The third kappa shape index (κ3) is 5.85. The van der Waals surface area contributed by atoms with Crippen LogP contribution in [-0.4, -0.2) is 59.3 Å². The molecule has 0 saturated carbocycles. The van der Waals surface area contributed by atoms with E-state index in [0.717, 1.165) is 26.2 Å². The molecule has 0 aliphatic carbocycles. The number of hydrazine groups is 2. The van der Waals surface area contributed by atoms with E-state index in [9.17, 15) is 4.79 Å². The molecule has 0 aromatic heterocycles. The predicted octanol–water partition coefficient (Wildman–Crippen LogP) is 0.126. The van der Waals surface area contributed by atoms with E-state index in [0.29, 0.717) is 0 Å². The van der Waals surface area contributed by atoms with Crippen LogP contribution < -0.4 is 16.2 Å². The first-order chi connectivity index (χ1) is 10.6. The number of carbonyl (C=O) groups is 1. The minimum Gasteiger partial charge on any atom is -0.480 e. The molecular weight excluding hydrogens is 321 g/mol. The van der Waals surface area contributed by atoms with Gasteiger partial charge in [0.05, 0.1) is 6.54 Å². The lowest BCUT2D eigenvalue weighted by Crippen LogP contribution is -2.71. The molecule has 1 atom stereocenters. The number of hydrogen-bond donors (Lipinski definition) is 4. The van der Waals surface area contributed by atoms with Crippen LogP contribution in [0.2, 0.25) is 0 Å². The van der Waals surface area contributed by atoms with Gasteiger partial charge >= 0.3 is 5.97 Å². The molecule has 2 aliphatic rings. The lowest BCUT2D eigenvalue weighted by Gasteiger charge is -2.43. The molecule has 2 heterocycles. The number of nitrogens with one attached hydrogen (secondary N) is 3. The Hall–Kier alpha value is -0.0800. The Morgan fingerprint density at radius 2 is 1.45 bits per heavy atom. The summed E-state index contributed by atoms with van der Waals surface area (Å²) in [4.78, 5) is 11.0. The molecule has 0 aromatic carbocycles. The van der Waals surface area contributed by atoms with Crippen LogP contribution >= 0.6 is 7.36 Å². The molecule has 2 fully saturated rings. The summed E-state index contributed by atoms with van der Waals surface area (Å²) < 4.78 is 0. The largest absolute Gasteiger partial charge is 0.480 e. The van der Waals surface area contributed by atoms with Gasteiger partial charge in [0.2, 0.25) is 0 Å². The van der Waals surface area contributed by atoms with E-state index >= 15 is 0 Å². The zero-order valence-electron chi connectivity index (χ0n) is 13.0. The van der Waals surface area contributed by atoms with E-state index in [2.05, 4.69) is 26.2 Å². The summed E-state index contributed by atoms with van der Waals surface area (Å²) in [5.74, 6) is -0.867. The second kappa shape index (κ2) is 9.27. The highest BCUT2D eigenvalue weighted by molar-refractivity contribution is 7.97. The fourth-order valence-electron chi connectivity index (χ4n) is 2.92. The highest BCUT2D eigenvalue weighted by Crippen LogP contribution is 2.19. The molecular formula is C13H28N5O2PS. The van der Waals surface area contributed by atoms with E-state index in [1.165, 1.54) is 38.5 Å². The Labute approximate surface area is 138 Å². The topological polar surface area (TPSA) is 79.9 Å². The van der Waals surface area contributed by atoms with Crippen LogP contribution in [0.15, 0.2) is 0 Å². The monoisotopic (exact) mass is 349 g/mol. The lowest BCUT2D eigenvalue weighted by molar-refractivity contribution is -0.136. The van der Waals surface area contributed by atoms with Crippen molar-refractivity contribution in [2.24, 2.45) is 0 Å². The summed E-state index contributed by atoms with van der Waals surface area (Å²) >= 11 is 5.42. The molecule has 1 unspecified atom stereocenters. The third-order valence-corrected chi connectivity index (χ3v) is 5.95. The van der Waals surface area contributed by atoms with Gasteiger partial charge in [-0.3, -0.25) is 10.1 Å². The first-order valence-electron chi connectivity index (χ1n) is 8.12. The van der Waals surface area contributed by atoms with Gasteiger partial charge in [-0.2, -0.15) is 0 Å². The average Bonchev–Trinajstić information content (AvgIpc) is 2.54. The van der Waals surface area contributed by atoms with Gasteiger partial charge in [-0.1, -0.05) is 24.6 Å². The maximum atomic E-state index is 11.0. The van der Waals surface area contributed by atoms with E-state index in [1.807, 2.05) is 0 Å². The van der Waals surface area contributed by atoms with Gasteiger partial charge in [-0.15, -0.1) is 0 Å². The van der Waals surface area contributed by atoms with Crippen LogP contribution in [0.5, 0.6) is 0 Å². The predicted molar refractivity (Wildman–Crippen MR) is 92.6 cm³/mol. The number of rotatable bonds is 8. The number of carboxylic acids is 1. The smallest absolute Gasteiger partial charge is 0.317 e. The Balaban J connectivity index is 2.01. The van der Waals surface area contributed by atoms with E-state index < -0.39 is 18.9 Å². The Kier molecular flexibility index (Phi) is 7.70. The molecule has 2 aliphatic heterocycles. The van der Waals surface area contributed by atoms with Crippen molar-refractivity contribution in [1.29, 1.82) is 0 Å².